The number of hydrogen-bond acceptors (Lipinski definition) is 4. The lowest BCUT2D eigenvalue weighted by Crippen LogP contribution is -2.39. The van der Waals surface area contributed by atoms with E-state index in [9.17, 15) is 24.0 Å². The molecular weight excluding hydrogens is 270 g/mol. The molecule has 0 heterocycles. The summed E-state index contributed by atoms with van der Waals surface area (Å²) in [6.45, 7) is 5.47. The van der Waals surface area contributed by atoms with Crippen molar-refractivity contribution in [1.29, 1.82) is 0 Å². The molecule has 0 amide bonds. The smallest absolute Gasteiger partial charge is 0.270 e. The van der Waals surface area contributed by atoms with Gasteiger partial charge in [0, 0.05) is 36.5 Å². The maximum absolute atomic E-state index is 13.1. The number of benzene rings is 1. The predicted molar refractivity (Wildman–Crippen MR) is 72.2 cm³/mol. The number of aliphatic hydroxyl groups is 1. The van der Waals surface area contributed by atoms with Gasteiger partial charge >= 0.3 is 0 Å². The highest BCUT2D eigenvalue weighted by atomic mass is 19.3. The van der Waals surface area contributed by atoms with Crippen LogP contribution in [0.2, 0.25) is 0 Å². The van der Waals surface area contributed by atoms with Crippen LogP contribution in [0.15, 0.2) is 18.2 Å². The first-order chi connectivity index (χ1) is 9.15. The Morgan fingerprint density at radius 1 is 1.45 bits per heavy atom. The Bertz CT molecular complexity index is 487. The number of anilines is 1. The summed E-state index contributed by atoms with van der Waals surface area (Å²) in [6.07, 6.45) is -2.82. The third-order valence-electron chi connectivity index (χ3n) is 2.76. The maximum Gasteiger partial charge on any atom is 0.270 e. The Morgan fingerprint density at radius 3 is 2.45 bits per heavy atom. The molecule has 0 saturated heterocycles. The molecule has 1 rings (SSSR count). The van der Waals surface area contributed by atoms with Crippen molar-refractivity contribution in [3.63, 3.8) is 0 Å². The molecule has 0 bridgehead atoms. The molecule has 0 aromatic heterocycles. The van der Waals surface area contributed by atoms with Crippen LogP contribution in [0.25, 0.3) is 0 Å². The van der Waals surface area contributed by atoms with Gasteiger partial charge < -0.3 is 10.0 Å². The van der Waals surface area contributed by atoms with Crippen molar-refractivity contribution in [2.45, 2.75) is 32.8 Å². The summed E-state index contributed by atoms with van der Waals surface area (Å²) in [7, 11) is 0. The fraction of sp³-hybridized carbons (Fsp3) is 0.538. The largest absolute Gasteiger partial charge is 0.389 e. The monoisotopic (exact) mass is 288 g/mol. The summed E-state index contributed by atoms with van der Waals surface area (Å²) < 4.78 is 26.2. The van der Waals surface area contributed by atoms with Crippen LogP contribution in [0, 0.1) is 10.1 Å². The number of non-ortho nitro benzene ring substituents is 1. The Kier molecular flexibility index (Phi) is 4.99. The highest BCUT2D eigenvalue weighted by Gasteiger charge is 2.24. The fourth-order valence-corrected chi connectivity index (χ4v) is 1.95. The third kappa shape index (κ3) is 4.12. The zero-order valence-electron chi connectivity index (χ0n) is 11.6. The van der Waals surface area contributed by atoms with Gasteiger partial charge in [-0.1, -0.05) is 0 Å². The van der Waals surface area contributed by atoms with Crippen LogP contribution < -0.4 is 4.90 Å². The molecular formula is C13H18F2N2O3. The van der Waals surface area contributed by atoms with E-state index in [2.05, 4.69) is 0 Å². The first kappa shape index (κ1) is 16.3. The highest BCUT2D eigenvalue weighted by molar-refractivity contribution is 5.58. The lowest BCUT2D eigenvalue weighted by Gasteiger charge is -2.31. The van der Waals surface area contributed by atoms with Gasteiger partial charge in [0.15, 0.2) is 0 Å². The number of nitro benzene ring substituents is 1. The van der Waals surface area contributed by atoms with Gasteiger partial charge in [0.05, 0.1) is 10.5 Å². The van der Waals surface area contributed by atoms with Crippen molar-refractivity contribution in [3.05, 3.63) is 33.9 Å². The minimum absolute atomic E-state index is 0.154. The van der Waals surface area contributed by atoms with Gasteiger partial charge in [0.2, 0.25) is 0 Å². The molecule has 0 spiro atoms. The van der Waals surface area contributed by atoms with Crippen molar-refractivity contribution in [1.82, 2.24) is 0 Å². The number of likely N-dealkylation sites (N-methyl/N-ethyl adjacent to an activating group) is 1. The van der Waals surface area contributed by atoms with E-state index in [1.54, 1.807) is 25.7 Å². The van der Waals surface area contributed by atoms with Crippen LogP contribution in [-0.4, -0.2) is 28.7 Å². The average molecular weight is 288 g/mol. The summed E-state index contributed by atoms with van der Waals surface area (Å²) in [5.74, 6) is 0. The Balaban J connectivity index is 3.24. The van der Waals surface area contributed by atoms with Crippen molar-refractivity contribution >= 4 is 11.4 Å². The van der Waals surface area contributed by atoms with Gasteiger partial charge in [-0.2, -0.15) is 0 Å². The quantitative estimate of drug-likeness (QED) is 0.645. The van der Waals surface area contributed by atoms with E-state index in [1.807, 2.05) is 0 Å². The Morgan fingerprint density at radius 2 is 2.05 bits per heavy atom. The van der Waals surface area contributed by atoms with Crippen molar-refractivity contribution in [2.75, 3.05) is 18.0 Å². The number of hydrogen-bond donors (Lipinski definition) is 1. The second-order valence-electron chi connectivity index (χ2n) is 5.13. The summed E-state index contributed by atoms with van der Waals surface area (Å²) in [6, 6.07) is 3.37. The second-order valence-corrected chi connectivity index (χ2v) is 5.13. The summed E-state index contributed by atoms with van der Waals surface area (Å²) in [5, 5.41) is 20.5. The molecule has 112 valence electrons. The van der Waals surface area contributed by atoms with E-state index in [0.29, 0.717) is 6.54 Å². The van der Waals surface area contributed by atoms with Crippen molar-refractivity contribution in [3.8, 4) is 0 Å². The van der Waals surface area contributed by atoms with Gasteiger partial charge in [-0.15, -0.1) is 0 Å². The van der Waals surface area contributed by atoms with E-state index in [4.69, 9.17) is 0 Å². The normalized spacial score (nSPS) is 11.8. The SMILES string of the molecule is CCN(CC(C)(C)O)c1ccc([N+](=O)[O-])cc1C(F)F. The van der Waals surface area contributed by atoms with Gasteiger partial charge in [-0.25, -0.2) is 8.78 Å². The predicted octanol–water partition coefficient (Wildman–Crippen LogP) is 3.13. The fourth-order valence-electron chi connectivity index (χ4n) is 1.95. The number of halogens is 2. The molecule has 7 heteroatoms. The minimum Gasteiger partial charge on any atom is -0.389 e. The van der Waals surface area contributed by atoms with Crippen LogP contribution in [0.4, 0.5) is 20.2 Å². The first-order valence-corrected chi connectivity index (χ1v) is 6.19. The highest BCUT2D eigenvalue weighted by Crippen LogP contribution is 2.33. The molecule has 1 aromatic carbocycles. The molecule has 0 aliphatic rings. The van der Waals surface area contributed by atoms with Gasteiger partial charge in [0.1, 0.15) is 0 Å². The standard InChI is InChI=1S/C13H18F2N2O3/c1-4-16(8-13(2,3)18)11-6-5-9(17(19)20)7-10(11)12(14)15/h5-7,12,18H,4,8H2,1-3H3. The maximum atomic E-state index is 13.1. The van der Waals surface area contributed by atoms with Crippen molar-refractivity contribution < 1.29 is 18.8 Å². The lowest BCUT2D eigenvalue weighted by molar-refractivity contribution is -0.385. The number of rotatable bonds is 6. The molecule has 0 aliphatic carbocycles. The van der Waals surface area contributed by atoms with E-state index in [1.165, 1.54) is 12.1 Å². The molecule has 0 saturated carbocycles. The second kappa shape index (κ2) is 6.13. The van der Waals surface area contributed by atoms with E-state index in [-0.39, 0.29) is 17.9 Å². The molecule has 0 aliphatic heterocycles. The van der Waals surface area contributed by atoms with Crippen LogP contribution in [0.1, 0.15) is 32.8 Å². The van der Waals surface area contributed by atoms with Crippen LogP contribution in [0.3, 0.4) is 0 Å². The number of alkyl halides is 2. The van der Waals surface area contributed by atoms with Gasteiger partial charge in [-0.05, 0) is 26.8 Å². The first-order valence-electron chi connectivity index (χ1n) is 6.19. The molecule has 1 N–H and O–H groups in total. The minimum atomic E-state index is -2.82. The third-order valence-corrected chi connectivity index (χ3v) is 2.76. The van der Waals surface area contributed by atoms with E-state index in [0.717, 1.165) is 6.07 Å². The number of nitrogens with zero attached hydrogens (tertiary/aromatic N) is 2. The molecule has 1 aromatic rings. The average Bonchev–Trinajstić information content (AvgIpc) is 2.34. The molecule has 0 radical (unpaired) electrons. The molecule has 5 nitrogen and oxygen atoms in total. The van der Waals surface area contributed by atoms with Crippen molar-refractivity contribution in [2.24, 2.45) is 0 Å². The Hall–Kier alpha value is -1.76. The van der Waals surface area contributed by atoms with Crippen LogP contribution in [0.5, 0.6) is 0 Å². The summed E-state index contributed by atoms with van der Waals surface area (Å²) in [4.78, 5) is 11.5. The topological polar surface area (TPSA) is 66.6 Å². The van der Waals surface area contributed by atoms with Gasteiger partial charge in [0.25, 0.3) is 12.1 Å². The van der Waals surface area contributed by atoms with Crippen LogP contribution in [-0.2, 0) is 0 Å². The molecule has 20 heavy (non-hydrogen) atoms. The Labute approximate surface area is 116 Å². The molecule has 0 unspecified atom stereocenters. The summed E-state index contributed by atoms with van der Waals surface area (Å²) in [5.41, 5.74) is -1.62. The zero-order valence-corrected chi connectivity index (χ0v) is 11.6. The molecule has 0 fully saturated rings. The van der Waals surface area contributed by atoms with Crippen LogP contribution >= 0.6 is 0 Å². The van der Waals surface area contributed by atoms with Gasteiger partial charge in [-0.3, -0.25) is 10.1 Å². The zero-order chi connectivity index (χ0) is 15.5. The van der Waals surface area contributed by atoms with E-state index < -0.39 is 22.5 Å². The van der Waals surface area contributed by atoms with E-state index >= 15 is 0 Å². The number of nitro groups is 1. The lowest BCUT2D eigenvalue weighted by atomic mass is 10.1. The summed E-state index contributed by atoms with van der Waals surface area (Å²) >= 11 is 0. The molecule has 0 atom stereocenters.